The van der Waals surface area contributed by atoms with Crippen molar-refractivity contribution in [1.29, 1.82) is 0 Å². The van der Waals surface area contributed by atoms with Gasteiger partial charge in [-0.15, -0.1) is 0 Å². The van der Waals surface area contributed by atoms with E-state index in [0.29, 0.717) is 29.9 Å². The number of nitrogens with zero attached hydrogens (tertiary/aromatic N) is 2. The number of unbranched alkanes of at least 4 members (excludes halogenated alkanes) is 2. The zero-order valence-corrected chi connectivity index (χ0v) is 26.5. The van der Waals surface area contributed by atoms with Crippen LogP contribution in [0.1, 0.15) is 54.9 Å². The quantitative estimate of drug-likeness (QED) is 0.100. The van der Waals surface area contributed by atoms with Crippen LogP contribution >= 0.6 is 11.6 Å². The molecule has 3 aromatic carbocycles. The standard InChI is InChI=1S/C18H18ClFN4O.C16H21NO3/c1-21-6-5-11-7-13-16(9-17(11)25-2)22-10-23-18(13)24-12-3-4-15(20)14(19)8-12;1-13(19)8-4-2-7-11-15(12-18)17-16(20)14-9-5-3-6-10-14/h3-4,7-10,21H,5-6H2,1-2H3,(H,22,23,24);3,5-6,9-10,12,15H,2,4,7-8,11H2,1H3,(H,17,20)/t;15-/m.0/s1. The summed E-state index contributed by atoms with van der Waals surface area (Å²) in [6.45, 7) is 2.40. The summed E-state index contributed by atoms with van der Waals surface area (Å²) < 4.78 is 18.8. The largest absolute Gasteiger partial charge is 0.496 e. The fourth-order valence-electron chi connectivity index (χ4n) is 4.51. The molecule has 0 saturated heterocycles. The van der Waals surface area contributed by atoms with Gasteiger partial charge in [0, 0.05) is 29.1 Å². The number of carbonyl (C=O) groups excluding carboxylic acids is 3. The van der Waals surface area contributed by atoms with Gasteiger partial charge in [0.2, 0.25) is 0 Å². The van der Waals surface area contributed by atoms with E-state index >= 15 is 0 Å². The van der Waals surface area contributed by atoms with Crippen LogP contribution in [0.25, 0.3) is 10.9 Å². The maximum atomic E-state index is 13.3. The van der Waals surface area contributed by atoms with Crippen LogP contribution in [0, 0.1) is 5.82 Å². The van der Waals surface area contributed by atoms with E-state index in [2.05, 4.69) is 25.9 Å². The second kappa shape index (κ2) is 18.4. The van der Waals surface area contributed by atoms with Crippen LogP contribution in [0.4, 0.5) is 15.9 Å². The summed E-state index contributed by atoms with van der Waals surface area (Å²) in [4.78, 5) is 42.3. The molecule has 0 aliphatic heterocycles. The predicted octanol–water partition coefficient (Wildman–Crippen LogP) is 6.46. The van der Waals surface area contributed by atoms with Crippen molar-refractivity contribution in [3.8, 4) is 5.75 Å². The first-order chi connectivity index (χ1) is 21.7. The maximum Gasteiger partial charge on any atom is 0.251 e. The molecule has 0 saturated carbocycles. The van der Waals surface area contributed by atoms with E-state index in [-0.39, 0.29) is 16.7 Å². The second-order valence-corrected chi connectivity index (χ2v) is 10.8. The molecule has 1 heterocycles. The summed E-state index contributed by atoms with van der Waals surface area (Å²) >= 11 is 5.85. The minimum Gasteiger partial charge on any atom is -0.496 e. The molecule has 1 atom stereocenters. The lowest BCUT2D eigenvalue weighted by atomic mass is 10.1. The zero-order valence-electron chi connectivity index (χ0n) is 25.7. The third-order valence-corrected chi connectivity index (χ3v) is 7.21. The van der Waals surface area contributed by atoms with Gasteiger partial charge >= 0.3 is 0 Å². The summed E-state index contributed by atoms with van der Waals surface area (Å²) in [5.41, 5.74) is 3.02. The lowest BCUT2D eigenvalue weighted by molar-refractivity contribution is -0.117. The molecule has 0 aliphatic carbocycles. The maximum absolute atomic E-state index is 13.3. The molecule has 0 aliphatic rings. The Morgan fingerprint density at radius 3 is 2.49 bits per heavy atom. The number of ketones is 1. The number of aromatic nitrogens is 2. The molecule has 3 N–H and O–H groups in total. The van der Waals surface area contributed by atoms with Gasteiger partial charge in [-0.05, 0) is 81.7 Å². The van der Waals surface area contributed by atoms with Crippen LogP contribution < -0.4 is 20.7 Å². The van der Waals surface area contributed by atoms with Gasteiger partial charge in [0.1, 0.15) is 35.8 Å². The molecule has 0 unspecified atom stereocenters. The first-order valence-electron chi connectivity index (χ1n) is 14.7. The van der Waals surface area contributed by atoms with Gasteiger partial charge in [-0.25, -0.2) is 14.4 Å². The molecule has 11 heteroatoms. The Balaban J connectivity index is 0.000000253. The van der Waals surface area contributed by atoms with Gasteiger partial charge in [-0.2, -0.15) is 0 Å². The number of nitrogens with one attached hydrogen (secondary N) is 3. The number of ether oxygens (including phenoxy) is 1. The number of anilines is 2. The van der Waals surface area contributed by atoms with Crippen LogP contribution in [-0.4, -0.2) is 54.7 Å². The van der Waals surface area contributed by atoms with Crippen molar-refractivity contribution < 1.29 is 23.5 Å². The van der Waals surface area contributed by atoms with Gasteiger partial charge in [-0.1, -0.05) is 42.6 Å². The highest BCUT2D eigenvalue weighted by Crippen LogP contribution is 2.30. The molecule has 1 aromatic heterocycles. The number of methoxy groups -OCH3 is 1. The van der Waals surface area contributed by atoms with Crippen LogP contribution in [-0.2, 0) is 16.0 Å². The smallest absolute Gasteiger partial charge is 0.251 e. The Labute approximate surface area is 267 Å². The van der Waals surface area contributed by atoms with Crippen LogP contribution in [0.15, 0.2) is 67.0 Å². The molecule has 4 rings (SSSR count). The van der Waals surface area contributed by atoms with Crippen LogP contribution in [0.5, 0.6) is 5.75 Å². The number of Topliss-reactive ketones (excluding diaryl/α,β-unsaturated/α-hetero) is 1. The number of benzene rings is 3. The van der Waals surface area contributed by atoms with E-state index in [1.54, 1.807) is 44.4 Å². The molecule has 0 radical (unpaired) electrons. The highest BCUT2D eigenvalue weighted by Gasteiger charge is 2.13. The molecule has 0 fully saturated rings. The Bertz CT molecular complexity index is 1570. The Morgan fingerprint density at radius 2 is 1.82 bits per heavy atom. The van der Waals surface area contributed by atoms with Crippen molar-refractivity contribution in [2.45, 2.75) is 51.5 Å². The van der Waals surface area contributed by atoms with E-state index in [9.17, 15) is 18.8 Å². The third kappa shape index (κ3) is 11.2. The van der Waals surface area contributed by atoms with Gasteiger partial charge in [0.25, 0.3) is 5.91 Å². The molecule has 45 heavy (non-hydrogen) atoms. The van der Waals surface area contributed by atoms with Gasteiger partial charge in [-0.3, -0.25) is 4.79 Å². The fraction of sp³-hybridized carbons (Fsp3) is 0.324. The minimum absolute atomic E-state index is 0.0553. The number of carbonyl (C=O) groups is 3. The van der Waals surface area contributed by atoms with Gasteiger partial charge < -0.3 is 30.3 Å². The Morgan fingerprint density at radius 1 is 1.04 bits per heavy atom. The highest BCUT2D eigenvalue weighted by atomic mass is 35.5. The van der Waals surface area contributed by atoms with E-state index < -0.39 is 11.9 Å². The summed E-state index contributed by atoms with van der Waals surface area (Å²) in [5.74, 6) is 0.915. The monoisotopic (exact) mass is 635 g/mol. The molecule has 1 amide bonds. The molecular weight excluding hydrogens is 597 g/mol. The number of aldehydes is 1. The normalized spacial score (nSPS) is 11.2. The number of likely N-dealkylation sites (N-methyl/N-ethyl adjacent to an activating group) is 1. The van der Waals surface area contributed by atoms with Gasteiger partial charge in [0.15, 0.2) is 0 Å². The van der Waals surface area contributed by atoms with Crippen molar-refractivity contribution >= 4 is 52.0 Å². The minimum atomic E-state index is -0.459. The highest BCUT2D eigenvalue weighted by molar-refractivity contribution is 6.31. The Kier molecular flexibility index (Phi) is 14.3. The topological polar surface area (TPSA) is 122 Å². The average Bonchev–Trinajstić information content (AvgIpc) is 3.05. The number of hydrogen-bond donors (Lipinski definition) is 3. The van der Waals surface area contributed by atoms with E-state index in [1.165, 1.54) is 18.5 Å². The number of fused-ring (bicyclic) bond motifs is 1. The van der Waals surface area contributed by atoms with Crippen molar-refractivity contribution in [2.75, 3.05) is 26.0 Å². The van der Waals surface area contributed by atoms with E-state index in [1.807, 2.05) is 25.2 Å². The molecular formula is C34H39ClFN5O4. The Hall–Kier alpha value is -4.41. The van der Waals surface area contributed by atoms with Crippen molar-refractivity contribution in [1.82, 2.24) is 20.6 Å². The number of amides is 1. The van der Waals surface area contributed by atoms with E-state index in [4.69, 9.17) is 16.3 Å². The SMILES string of the molecule is CC(=O)CCCCC[C@@H](C=O)NC(=O)c1ccccc1.CNCCc1cc2c(Nc3ccc(F)c(Cl)c3)ncnc2cc1OC. The van der Waals surface area contributed by atoms with Crippen molar-refractivity contribution in [3.63, 3.8) is 0 Å². The van der Waals surface area contributed by atoms with Gasteiger partial charge in [0.05, 0.1) is 23.7 Å². The van der Waals surface area contributed by atoms with Crippen molar-refractivity contribution in [3.05, 3.63) is 89.0 Å². The lowest BCUT2D eigenvalue weighted by Crippen LogP contribution is -2.35. The summed E-state index contributed by atoms with van der Waals surface area (Å²) in [7, 11) is 3.55. The first-order valence-corrected chi connectivity index (χ1v) is 15.1. The first kappa shape index (κ1) is 35.1. The zero-order chi connectivity index (χ0) is 32.6. The molecule has 238 valence electrons. The molecule has 9 nitrogen and oxygen atoms in total. The second-order valence-electron chi connectivity index (χ2n) is 10.4. The predicted molar refractivity (Wildman–Crippen MR) is 176 cm³/mol. The number of rotatable bonds is 15. The number of halogens is 2. The fourth-order valence-corrected chi connectivity index (χ4v) is 4.70. The van der Waals surface area contributed by atoms with Crippen molar-refractivity contribution in [2.24, 2.45) is 0 Å². The summed E-state index contributed by atoms with van der Waals surface area (Å²) in [6, 6.07) is 16.7. The molecule has 0 spiro atoms. The molecule has 4 aromatic rings. The van der Waals surface area contributed by atoms with E-state index in [0.717, 1.165) is 60.7 Å². The summed E-state index contributed by atoms with van der Waals surface area (Å²) in [5, 5.41) is 9.93. The summed E-state index contributed by atoms with van der Waals surface area (Å²) in [6.07, 6.45) is 6.81. The number of hydrogen-bond acceptors (Lipinski definition) is 8. The van der Waals surface area contributed by atoms with Crippen LogP contribution in [0.2, 0.25) is 5.02 Å². The van der Waals surface area contributed by atoms with Crippen LogP contribution in [0.3, 0.4) is 0 Å². The average molecular weight is 636 g/mol. The third-order valence-electron chi connectivity index (χ3n) is 6.92. The lowest BCUT2D eigenvalue weighted by Gasteiger charge is -2.13. The molecule has 0 bridgehead atoms.